The van der Waals surface area contributed by atoms with Gasteiger partial charge in [-0.05, 0) is 0 Å². The van der Waals surface area contributed by atoms with Crippen molar-refractivity contribution in [1.29, 1.82) is 0 Å². The molecule has 0 N–H and O–H groups in total. The first-order valence-electron chi connectivity index (χ1n) is 1.95. The second-order valence-electron chi connectivity index (χ2n) is 1.33. The van der Waals surface area contributed by atoms with E-state index in [-0.39, 0.29) is 0 Å². The van der Waals surface area contributed by atoms with Gasteiger partial charge in [-0.25, -0.2) is 3.11 Å². The van der Waals surface area contributed by atoms with E-state index < -0.39 is 0 Å². The van der Waals surface area contributed by atoms with Gasteiger partial charge < -0.3 is 0 Å². The lowest BCUT2D eigenvalue weighted by molar-refractivity contribution is 0.640. The average molecular weight is 341 g/mol. The SMILES string of the molecule is IC1CSCN1I. The van der Waals surface area contributed by atoms with Gasteiger partial charge in [-0.2, -0.15) is 0 Å². The van der Waals surface area contributed by atoms with Crippen LogP contribution in [0.2, 0.25) is 0 Å². The number of thioether (sulfide) groups is 1. The predicted molar refractivity (Wildman–Crippen MR) is 51.0 cm³/mol. The summed E-state index contributed by atoms with van der Waals surface area (Å²) >= 11 is 6.82. The van der Waals surface area contributed by atoms with E-state index in [2.05, 4.69) is 48.6 Å². The second kappa shape index (κ2) is 3.07. The molecule has 4 heteroatoms. The van der Waals surface area contributed by atoms with Gasteiger partial charge in [-0.15, -0.1) is 11.8 Å². The topological polar surface area (TPSA) is 3.24 Å². The van der Waals surface area contributed by atoms with Crippen molar-refractivity contribution in [3.05, 3.63) is 0 Å². The predicted octanol–water partition coefficient (Wildman–Crippen LogP) is 2.10. The zero-order valence-electron chi connectivity index (χ0n) is 3.60. The van der Waals surface area contributed by atoms with Crippen molar-refractivity contribution in [3.8, 4) is 0 Å². The molecule has 0 aromatic rings. The molecule has 1 atom stereocenters. The molecule has 42 valence electrons. The summed E-state index contributed by atoms with van der Waals surface area (Å²) < 4.78 is 3.09. The third kappa shape index (κ3) is 1.87. The molecule has 0 bridgehead atoms. The minimum absolute atomic E-state index is 0.767. The van der Waals surface area contributed by atoms with Gasteiger partial charge in [0.25, 0.3) is 0 Å². The molecular weight excluding hydrogens is 336 g/mol. The molecule has 0 saturated carbocycles. The van der Waals surface area contributed by atoms with Gasteiger partial charge in [0.15, 0.2) is 0 Å². The summed E-state index contributed by atoms with van der Waals surface area (Å²) in [4.78, 5) is 0. The van der Waals surface area contributed by atoms with Crippen LogP contribution >= 0.6 is 57.2 Å². The molecule has 1 aliphatic heterocycles. The largest absolute Gasteiger partial charge is 0.224 e. The van der Waals surface area contributed by atoms with Gasteiger partial charge >= 0.3 is 0 Å². The van der Waals surface area contributed by atoms with Gasteiger partial charge in [0.1, 0.15) is 0 Å². The zero-order valence-corrected chi connectivity index (χ0v) is 8.73. The van der Waals surface area contributed by atoms with Crippen LogP contribution < -0.4 is 0 Å². The lowest BCUT2D eigenvalue weighted by atomic mass is 10.8. The molecular formula is C3H5I2NS. The normalized spacial score (nSPS) is 34.3. The molecule has 1 aliphatic rings. The monoisotopic (exact) mass is 341 g/mol. The van der Waals surface area contributed by atoms with Crippen molar-refractivity contribution in [2.45, 2.75) is 4.05 Å². The number of nitrogens with zero attached hydrogens (tertiary/aromatic N) is 1. The van der Waals surface area contributed by atoms with Gasteiger partial charge in [0, 0.05) is 28.6 Å². The Balaban J connectivity index is 2.33. The quantitative estimate of drug-likeness (QED) is 0.287. The van der Waals surface area contributed by atoms with E-state index in [0.29, 0.717) is 0 Å². The van der Waals surface area contributed by atoms with E-state index in [1.54, 1.807) is 0 Å². The van der Waals surface area contributed by atoms with Crippen molar-refractivity contribution in [3.63, 3.8) is 0 Å². The Labute approximate surface area is 75.2 Å². The van der Waals surface area contributed by atoms with Crippen molar-refractivity contribution in [2.75, 3.05) is 11.6 Å². The van der Waals surface area contributed by atoms with Gasteiger partial charge in [-0.3, -0.25) is 0 Å². The maximum absolute atomic E-state index is 2.46. The van der Waals surface area contributed by atoms with Crippen LogP contribution in [0.25, 0.3) is 0 Å². The molecule has 0 aromatic heterocycles. The van der Waals surface area contributed by atoms with E-state index >= 15 is 0 Å². The van der Waals surface area contributed by atoms with Crippen LogP contribution in [0, 0.1) is 0 Å². The number of alkyl halides is 1. The van der Waals surface area contributed by atoms with E-state index in [9.17, 15) is 0 Å². The highest BCUT2D eigenvalue weighted by Gasteiger charge is 2.18. The lowest BCUT2D eigenvalue weighted by Crippen LogP contribution is -2.12. The van der Waals surface area contributed by atoms with Crippen molar-refractivity contribution in [2.24, 2.45) is 0 Å². The molecule has 0 spiro atoms. The minimum Gasteiger partial charge on any atom is -0.224 e. The van der Waals surface area contributed by atoms with Crippen molar-refractivity contribution < 1.29 is 0 Å². The highest BCUT2D eigenvalue weighted by molar-refractivity contribution is 14.1. The Kier molecular flexibility index (Phi) is 3.02. The lowest BCUT2D eigenvalue weighted by Gasteiger charge is -2.05. The molecule has 1 nitrogen and oxygen atoms in total. The van der Waals surface area contributed by atoms with Gasteiger partial charge in [0.2, 0.25) is 0 Å². The van der Waals surface area contributed by atoms with Crippen LogP contribution in [0.4, 0.5) is 0 Å². The summed E-state index contributed by atoms with van der Waals surface area (Å²) in [5.74, 6) is 2.50. The summed E-state index contributed by atoms with van der Waals surface area (Å²) in [5.41, 5.74) is 0. The van der Waals surface area contributed by atoms with E-state index in [1.807, 2.05) is 11.8 Å². The molecule has 0 amide bonds. The van der Waals surface area contributed by atoms with Crippen LogP contribution in [0.5, 0.6) is 0 Å². The molecule has 1 fully saturated rings. The fourth-order valence-corrected chi connectivity index (χ4v) is 3.52. The van der Waals surface area contributed by atoms with Crippen LogP contribution in [-0.2, 0) is 0 Å². The van der Waals surface area contributed by atoms with Crippen molar-refractivity contribution >= 4 is 57.2 Å². The first-order valence-corrected chi connectivity index (χ1v) is 5.31. The van der Waals surface area contributed by atoms with Crippen LogP contribution in [0.1, 0.15) is 0 Å². The summed E-state index contributed by atoms with van der Waals surface area (Å²) in [6.07, 6.45) is 0. The highest BCUT2D eigenvalue weighted by Crippen LogP contribution is 2.27. The molecule has 0 radical (unpaired) electrons. The Morgan fingerprint density at radius 3 is 2.57 bits per heavy atom. The molecule has 0 aromatic carbocycles. The number of hydrogen-bond donors (Lipinski definition) is 0. The maximum Gasteiger partial charge on any atom is 0.0809 e. The van der Waals surface area contributed by atoms with Gasteiger partial charge in [0.05, 0.1) is 9.93 Å². The van der Waals surface area contributed by atoms with Crippen LogP contribution in [-0.4, -0.2) is 18.8 Å². The number of rotatable bonds is 0. The maximum atomic E-state index is 2.46. The summed E-state index contributed by atoms with van der Waals surface area (Å²) in [5, 5.41) is 0. The van der Waals surface area contributed by atoms with E-state index in [4.69, 9.17) is 0 Å². The Hall–Kier alpha value is 1.77. The Morgan fingerprint density at radius 1 is 1.71 bits per heavy atom. The third-order valence-corrected chi connectivity index (χ3v) is 6.04. The summed E-state index contributed by atoms with van der Waals surface area (Å²) in [7, 11) is 0. The molecule has 1 unspecified atom stereocenters. The van der Waals surface area contributed by atoms with Gasteiger partial charge in [-0.1, -0.05) is 22.6 Å². The summed E-state index contributed by atoms with van der Waals surface area (Å²) in [6.45, 7) is 0. The highest BCUT2D eigenvalue weighted by atomic mass is 127. The second-order valence-corrected chi connectivity index (χ2v) is 5.01. The summed E-state index contributed by atoms with van der Waals surface area (Å²) in [6, 6.07) is 0. The standard InChI is InChI=1S/C3H5I2NS/c4-3-1-7-2-6(3)5/h3H,1-2H2. The fraction of sp³-hybridized carbons (Fsp3) is 1.00. The zero-order chi connectivity index (χ0) is 5.28. The first-order chi connectivity index (χ1) is 3.30. The Morgan fingerprint density at radius 2 is 2.43 bits per heavy atom. The van der Waals surface area contributed by atoms with Crippen molar-refractivity contribution in [1.82, 2.24) is 3.11 Å². The number of halogens is 2. The number of hydrogen-bond acceptors (Lipinski definition) is 2. The smallest absolute Gasteiger partial charge is 0.0809 e. The Bertz CT molecular complexity index is 62.0. The van der Waals surface area contributed by atoms with E-state index in [1.165, 1.54) is 11.6 Å². The fourth-order valence-electron chi connectivity index (χ4n) is 0.399. The molecule has 1 saturated heterocycles. The molecule has 0 aliphatic carbocycles. The van der Waals surface area contributed by atoms with E-state index in [0.717, 1.165) is 4.05 Å². The third-order valence-electron chi connectivity index (χ3n) is 0.774. The molecule has 1 rings (SSSR count). The first kappa shape index (κ1) is 6.88. The molecule has 1 heterocycles. The average Bonchev–Trinajstić information content (AvgIpc) is 1.91. The minimum atomic E-state index is 0.767. The molecule has 7 heavy (non-hydrogen) atoms. The van der Waals surface area contributed by atoms with Crippen LogP contribution in [0.15, 0.2) is 0 Å². The van der Waals surface area contributed by atoms with Crippen LogP contribution in [0.3, 0.4) is 0 Å².